The van der Waals surface area contributed by atoms with Crippen LogP contribution < -0.4 is 0 Å². The first-order valence-electron chi connectivity index (χ1n) is 4.38. The van der Waals surface area contributed by atoms with Crippen LogP contribution in [0, 0.1) is 0 Å². The van der Waals surface area contributed by atoms with E-state index < -0.39 is 49.2 Å². The molecule has 1 aromatic heterocycles. The molecule has 0 fully saturated rings. The van der Waals surface area contributed by atoms with Crippen LogP contribution in [0.5, 0.6) is 0 Å². The summed E-state index contributed by atoms with van der Waals surface area (Å²) in [6.45, 7) is 0. The van der Waals surface area contributed by atoms with Crippen molar-refractivity contribution in [2.75, 3.05) is 0 Å². The lowest BCUT2D eigenvalue weighted by Gasteiger charge is -2.16. The molecule has 19 heavy (non-hydrogen) atoms. The molecule has 0 N–H and O–H groups in total. The molecule has 0 aliphatic heterocycles. The summed E-state index contributed by atoms with van der Waals surface area (Å²) in [5.41, 5.74) is -3.96. The quantitative estimate of drug-likeness (QED) is 0.477. The van der Waals surface area contributed by atoms with E-state index >= 15 is 0 Å². The molecule has 0 saturated carbocycles. The predicted octanol–water partition coefficient (Wildman–Crippen LogP) is 3.70. The number of alkyl halides is 6. The van der Waals surface area contributed by atoms with Crippen LogP contribution in [0.15, 0.2) is 11.1 Å². The van der Waals surface area contributed by atoms with Crippen molar-refractivity contribution in [3.8, 4) is 0 Å². The van der Waals surface area contributed by atoms with Crippen molar-refractivity contribution in [1.82, 2.24) is 4.98 Å². The molecule has 0 amide bonds. The largest absolute Gasteiger partial charge is 0.419 e. The first-order chi connectivity index (χ1) is 8.50. The van der Waals surface area contributed by atoms with Gasteiger partial charge in [0.1, 0.15) is 4.90 Å². The van der Waals surface area contributed by atoms with Gasteiger partial charge in [0.25, 0.3) is 15.5 Å². The third kappa shape index (κ3) is 3.46. The number of hydrogen-bond donors (Lipinski definition) is 0. The monoisotopic (exact) mass is 343 g/mol. The zero-order chi connectivity index (χ0) is 15.0. The van der Waals surface area contributed by atoms with E-state index in [9.17, 15) is 30.4 Å². The van der Waals surface area contributed by atoms with Crippen molar-refractivity contribution in [1.29, 1.82) is 0 Å². The molecule has 0 atom stereocenters. The Morgan fingerprint density at radius 1 is 1.32 bits per heavy atom. The summed E-state index contributed by atoms with van der Waals surface area (Å²) in [7, 11) is -0.235. The second-order valence-electron chi connectivity index (χ2n) is 3.23. The average Bonchev–Trinajstić information content (AvgIpc) is 2.24. The number of nitrogens with zero attached hydrogens (tertiary/aromatic N) is 1. The van der Waals surface area contributed by atoms with E-state index in [1.54, 1.807) is 0 Å². The standard InChI is InChI=1S/C8H4Cl2F5NO2S/c9-1-4-5(7(11)12)6(19(10,17)18)3(2-16-4)8(13,14)15/h2,7H,1H2. The highest BCUT2D eigenvalue weighted by molar-refractivity contribution is 8.13. The van der Waals surface area contributed by atoms with Gasteiger partial charge < -0.3 is 0 Å². The molecular formula is C8H4Cl2F5NO2S. The van der Waals surface area contributed by atoms with Crippen molar-refractivity contribution in [3.05, 3.63) is 23.0 Å². The fraction of sp³-hybridized carbons (Fsp3) is 0.375. The second kappa shape index (κ2) is 5.37. The molecule has 0 spiro atoms. The topological polar surface area (TPSA) is 47.0 Å². The number of rotatable bonds is 3. The summed E-state index contributed by atoms with van der Waals surface area (Å²) in [4.78, 5) is 1.40. The summed E-state index contributed by atoms with van der Waals surface area (Å²) in [5, 5.41) is 0. The second-order valence-corrected chi connectivity index (χ2v) is 6.00. The Hall–Kier alpha value is -0.670. The first kappa shape index (κ1) is 16.4. The summed E-state index contributed by atoms with van der Waals surface area (Å²) in [6.07, 6.45) is -8.61. The molecule has 1 heterocycles. The summed E-state index contributed by atoms with van der Waals surface area (Å²) < 4.78 is 85.7. The van der Waals surface area contributed by atoms with Gasteiger partial charge in [-0.05, 0) is 0 Å². The maximum absolute atomic E-state index is 12.8. The molecule has 0 aromatic carbocycles. The average molecular weight is 344 g/mol. The lowest BCUT2D eigenvalue weighted by molar-refractivity contribution is -0.140. The molecule has 108 valence electrons. The van der Waals surface area contributed by atoms with E-state index in [0.29, 0.717) is 0 Å². The van der Waals surface area contributed by atoms with Gasteiger partial charge in [0.2, 0.25) is 0 Å². The van der Waals surface area contributed by atoms with Crippen molar-refractivity contribution in [2.45, 2.75) is 23.4 Å². The van der Waals surface area contributed by atoms with E-state index in [1.807, 2.05) is 0 Å². The van der Waals surface area contributed by atoms with Gasteiger partial charge in [-0.15, -0.1) is 11.6 Å². The Labute approximate surface area is 113 Å². The van der Waals surface area contributed by atoms with Crippen LogP contribution in [0.2, 0.25) is 0 Å². The molecule has 1 rings (SSSR count). The lowest BCUT2D eigenvalue weighted by Crippen LogP contribution is -2.16. The number of hydrogen-bond acceptors (Lipinski definition) is 3. The molecule has 0 saturated heterocycles. The Kier molecular flexibility index (Phi) is 4.63. The molecule has 11 heteroatoms. The molecule has 0 aliphatic rings. The van der Waals surface area contributed by atoms with Gasteiger partial charge in [-0.25, -0.2) is 17.2 Å². The van der Waals surface area contributed by atoms with Gasteiger partial charge in [0.15, 0.2) is 0 Å². The van der Waals surface area contributed by atoms with Gasteiger partial charge in [-0.3, -0.25) is 4.98 Å². The zero-order valence-electron chi connectivity index (χ0n) is 8.68. The Morgan fingerprint density at radius 3 is 2.16 bits per heavy atom. The molecule has 1 aromatic rings. The summed E-state index contributed by atoms with van der Waals surface area (Å²) in [6, 6.07) is 0. The van der Waals surface area contributed by atoms with Crippen LogP contribution in [0.25, 0.3) is 0 Å². The molecule has 0 aliphatic carbocycles. The normalized spacial score (nSPS) is 13.1. The van der Waals surface area contributed by atoms with E-state index in [2.05, 4.69) is 4.98 Å². The van der Waals surface area contributed by atoms with Crippen molar-refractivity contribution >= 4 is 31.3 Å². The van der Waals surface area contributed by atoms with Crippen molar-refractivity contribution in [3.63, 3.8) is 0 Å². The predicted molar refractivity (Wildman–Crippen MR) is 56.8 cm³/mol. The Balaban J connectivity index is 3.86. The van der Waals surface area contributed by atoms with Gasteiger partial charge >= 0.3 is 6.18 Å². The Bertz CT molecular complexity index is 588. The van der Waals surface area contributed by atoms with Crippen molar-refractivity contribution < 1.29 is 30.4 Å². The molecule has 0 unspecified atom stereocenters. The highest BCUT2D eigenvalue weighted by Gasteiger charge is 2.41. The van der Waals surface area contributed by atoms with Gasteiger partial charge in [0.05, 0.1) is 22.7 Å². The number of aromatic nitrogens is 1. The van der Waals surface area contributed by atoms with E-state index in [0.717, 1.165) is 0 Å². The van der Waals surface area contributed by atoms with Crippen LogP contribution in [0.4, 0.5) is 22.0 Å². The molecular weight excluding hydrogens is 340 g/mol. The SMILES string of the molecule is O=S(=O)(Cl)c1c(C(F)(F)F)cnc(CCl)c1C(F)F. The maximum atomic E-state index is 12.8. The van der Waals surface area contributed by atoms with Gasteiger partial charge in [-0.2, -0.15) is 13.2 Å². The minimum Gasteiger partial charge on any atom is -0.259 e. The minimum atomic E-state index is -5.20. The van der Waals surface area contributed by atoms with Crippen LogP contribution in [-0.4, -0.2) is 13.4 Å². The first-order valence-corrected chi connectivity index (χ1v) is 7.22. The minimum absolute atomic E-state index is 0.110. The molecule has 0 bridgehead atoms. The highest BCUT2D eigenvalue weighted by atomic mass is 35.7. The summed E-state index contributed by atoms with van der Waals surface area (Å²) in [5.74, 6) is -0.683. The fourth-order valence-corrected chi connectivity index (χ4v) is 2.96. The van der Waals surface area contributed by atoms with Gasteiger partial charge in [0, 0.05) is 16.9 Å². The Morgan fingerprint density at radius 2 is 1.84 bits per heavy atom. The molecule has 3 nitrogen and oxygen atoms in total. The van der Waals surface area contributed by atoms with Crippen LogP contribution in [0.3, 0.4) is 0 Å². The maximum Gasteiger partial charge on any atom is 0.419 e. The lowest BCUT2D eigenvalue weighted by atomic mass is 10.1. The van der Waals surface area contributed by atoms with Gasteiger partial charge in [-0.1, -0.05) is 0 Å². The van der Waals surface area contributed by atoms with Crippen LogP contribution in [-0.2, 0) is 21.1 Å². The number of halogens is 7. The highest BCUT2D eigenvalue weighted by Crippen LogP contribution is 2.41. The third-order valence-corrected chi connectivity index (χ3v) is 3.69. The van der Waals surface area contributed by atoms with E-state index in [1.165, 1.54) is 0 Å². The molecule has 0 radical (unpaired) electrons. The third-order valence-electron chi connectivity index (χ3n) is 2.04. The fourth-order valence-electron chi connectivity index (χ4n) is 1.34. The van der Waals surface area contributed by atoms with E-state index in [4.69, 9.17) is 22.3 Å². The zero-order valence-corrected chi connectivity index (χ0v) is 11.0. The number of pyridine rings is 1. The van der Waals surface area contributed by atoms with Crippen LogP contribution >= 0.6 is 22.3 Å². The van der Waals surface area contributed by atoms with E-state index in [-0.39, 0.29) is 6.20 Å². The summed E-state index contributed by atoms with van der Waals surface area (Å²) >= 11 is 5.25. The van der Waals surface area contributed by atoms with Crippen LogP contribution in [0.1, 0.15) is 23.2 Å². The smallest absolute Gasteiger partial charge is 0.259 e. The van der Waals surface area contributed by atoms with Crippen molar-refractivity contribution in [2.24, 2.45) is 0 Å².